The molecule has 1 saturated heterocycles. The Labute approximate surface area is 110 Å². The molecule has 0 bridgehead atoms. The van der Waals surface area contributed by atoms with E-state index in [0.29, 0.717) is 22.2 Å². The van der Waals surface area contributed by atoms with E-state index in [-0.39, 0.29) is 18.6 Å². The number of aliphatic hydroxyl groups excluding tert-OH is 1. The Morgan fingerprint density at radius 2 is 2.18 bits per heavy atom. The van der Waals surface area contributed by atoms with E-state index in [0.717, 1.165) is 12.8 Å². The maximum absolute atomic E-state index is 12.2. The van der Waals surface area contributed by atoms with Gasteiger partial charge in [-0.3, -0.25) is 4.79 Å². The fourth-order valence-electron chi connectivity index (χ4n) is 2.09. The van der Waals surface area contributed by atoms with Crippen LogP contribution < -0.4 is 0 Å². The molecule has 1 atom stereocenters. The van der Waals surface area contributed by atoms with E-state index in [1.54, 1.807) is 23.1 Å². The molecule has 0 saturated carbocycles. The molecular formula is C12H13Cl2NO2. The standard InChI is InChI=1S/C12H13Cl2NO2/c13-10-4-3-8(6-11(10)14)12(17)15-5-1-2-9(15)7-16/h3-4,6,9,16H,1-2,5,7H2/t9-/m1/s1. The first-order chi connectivity index (χ1) is 8.13. The largest absolute Gasteiger partial charge is 0.394 e. The van der Waals surface area contributed by atoms with Crippen LogP contribution in [0.2, 0.25) is 10.0 Å². The number of carbonyl (C=O) groups is 1. The third-order valence-corrected chi connectivity index (χ3v) is 3.75. The molecule has 17 heavy (non-hydrogen) atoms. The van der Waals surface area contributed by atoms with Crippen molar-refractivity contribution in [1.82, 2.24) is 4.90 Å². The van der Waals surface area contributed by atoms with Crippen LogP contribution in [0.25, 0.3) is 0 Å². The van der Waals surface area contributed by atoms with Crippen LogP contribution in [0.5, 0.6) is 0 Å². The molecule has 1 heterocycles. The van der Waals surface area contributed by atoms with Gasteiger partial charge in [0.2, 0.25) is 0 Å². The van der Waals surface area contributed by atoms with Gasteiger partial charge in [0, 0.05) is 12.1 Å². The van der Waals surface area contributed by atoms with Gasteiger partial charge in [0.25, 0.3) is 5.91 Å². The first kappa shape index (κ1) is 12.7. The Balaban J connectivity index is 2.21. The second-order valence-electron chi connectivity index (χ2n) is 4.11. The van der Waals surface area contributed by atoms with Crippen molar-refractivity contribution in [2.24, 2.45) is 0 Å². The summed E-state index contributed by atoms with van der Waals surface area (Å²) in [6, 6.07) is 4.76. The minimum atomic E-state index is -0.0971. The molecule has 1 fully saturated rings. The molecule has 92 valence electrons. The second kappa shape index (κ2) is 5.25. The van der Waals surface area contributed by atoms with E-state index in [1.165, 1.54) is 0 Å². The Morgan fingerprint density at radius 1 is 1.41 bits per heavy atom. The summed E-state index contributed by atoms with van der Waals surface area (Å²) >= 11 is 11.7. The molecule has 1 N–H and O–H groups in total. The predicted octanol–water partition coefficient (Wildman–Crippen LogP) is 2.59. The fourth-order valence-corrected chi connectivity index (χ4v) is 2.39. The fraction of sp³-hybridized carbons (Fsp3) is 0.417. The molecule has 0 aliphatic carbocycles. The van der Waals surface area contributed by atoms with E-state index in [1.807, 2.05) is 0 Å². The van der Waals surface area contributed by atoms with E-state index < -0.39 is 0 Å². The van der Waals surface area contributed by atoms with Crippen molar-refractivity contribution in [3.8, 4) is 0 Å². The number of rotatable bonds is 2. The summed E-state index contributed by atoms with van der Waals surface area (Å²) in [4.78, 5) is 13.9. The lowest BCUT2D eigenvalue weighted by molar-refractivity contribution is 0.0677. The van der Waals surface area contributed by atoms with Gasteiger partial charge in [0.05, 0.1) is 22.7 Å². The Kier molecular flexibility index (Phi) is 3.92. The molecule has 5 heteroatoms. The van der Waals surface area contributed by atoms with E-state index in [2.05, 4.69) is 0 Å². The van der Waals surface area contributed by atoms with Crippen molar-refractivity contribution in [3.05, 3.63) is 33.8 Å². The van der Waals surface area contributed by atoms with Crippen molar-refractivity contribution >= 4 is 29.1 Å². The molecule has 0 radical (unpaired) electrons. The third-order valence-electron chi connectivity index (χ3n) is 3.02. The quantitative estimate of drug-likeness (QED) is 0.900. The predicted molar refractivity (Wildman–Crippen MR) is 67.6 cm³/mol. The minimum Gasteiger partial charge on any atom is -0.394 e. The summed E-state index contributed by atoms with van der Waals surface area (Å²) in [7, 11) is 0. The number of aliphatic hydroxyl groups is 1. The van der Waals surface area contributed by atoms with Gasteiger partial charge in [0.15, 0.2) is 0 Å². The summed E-state index contributed by atoms with van der Waals surface area (Å²) in [5, 5.41) is 10.00. The third kappa shape index (κ3) is 2.57. The molecule has 1 aliphatic heterocycles. The van der Waals surface area contributed by atoms with Gasteiger partial charge in [-0.25, -0.2) is 0 Å². The number of nitrogens with zero attached hydrogens (tertiary/aromatic N) is 1. The van der Waals surface area contributed by atoms with Crippen LogP contribution in [0.15, 0.2) is 18.2 Å². The lowest BCUT2D eigenvalue weighted by atomic mass is 10.1. The zero-order valence-corrected chi connectivity index (χ0v) is 10.7. The Morgan fingerprint density at radius 3 is 2.82 bits per heavy atom. The first-order valence-electron chi connectivity index (χ1n) is 5.50. The number of hydrogen-bond donors (Lipinski definition) is 1. The molecular weight excluding hydrogens is 261 g/mol. The van der Waals surface area contributed by atoms with Crippen molar-refractivity contribution in [2.45, 2.75) is 18.9 Å². The zero-order chi connectivity index (χ0) is 12.4. The highest BCUT2D eigenvalue weighted by Crippen LogP contribution is 2.25. The number of likely N-dealkylation sites (tertiary alicyclic amines) is 1. The van der Waals surface area contributed by atoms with Gasteiger partial charge in [-0.15, -0.1) is 0 Å². The van der Waals surface area contributed by atoms with Crippen molar-refractivity contribution in [1.29, 1.82) is 0 Å². The van der Waals surface area contributed by atoms with Crippen LogP contribution in [-0.2, 0) is 0 Å². The maximum atomic E-state index is 12.2. The van der Waals surface area contributed by atoms with Gasteiger partial charge in [-0.1, -0.05) is 23.2 Å². The summed E-state index contributed by atoms with van der Waals surface area (Å²) in [5.74, 6) is -0.0971. The smallest absolute Gasteiger partial charge is 0.254 e. The summed E-state index contributed by atoms with van der Waals surface area (Å²) < 4.78 is 0. The number of amides is 1. The lowest BCUT2D eigenvalue weighted by Crippen LogP contribution is -2.37. The van der Waals surface area contributed by atoms with Gasteiger partial charge in [-0.2, -0.15) is 0 Å². The average molecular weight is 274 g/mol. The molecule has 0 spiro atoms. The summed E-state index contributed by atoms with van der Waals surface area (Å²) in [6.45, 7) is 0.692. The summed E-state index contributed by atoms with van der Waals surface area (Å²) in [5.41, 5.74) is 0.514. The minimum absolute atomic E-state index is 0.00701. The highest BCUT2D eigenvalue weighted by molar-refractivity contribution is 6.42. The SMILES string of the molecule is O=C(c1ccc(Cl)c(Cl)c1)N1CCC[C@@H]1CO. The average Bonchev–Trinajstić information content (AvgIpc) is 2.80. The van der Waals surface area contributed by atoms with E-state index in [9.17, 15) is 9.90 Å². The number of hydrogen-bond acceptors (Lipinski definition) is 2. The van der Waals surface area contributed by atoms with E-state index in [4.69, 9.17) is 23.2 Å². The number of benzene rings is 1. The van der Waals surface area contributed by atoms with Crippen molar-refractivity contribution in [2.75, 3.05) is 13.2 Å². The molecule has 0 unspecified atom stereocenters. The zero-order valence-electron chi connectivity index (χ0n) is 9.20. The van der Waals surface area contributed by atoms with Crippen molar-refractivity contribution in [3.63, 3.8) is 0 Å². The monoisotopic (exact) mass is 273 g/mol. The topological polar surface area (TPSA) is 40.5 Å². The highest BCUT2D eigenvalue weighted by atomic mass is 35.5. The second-order valence-corrected chi connectivity index (χ2v) is 4.92. The van der Waals surface area contributed by atoms with Crippen LogP contribution in [0.3, 0.4) is 0 Å². The Bertz CT molecular complexity index is 437. The first-order valence-corrected chi connectivity index (χ1v) is 6.26. The van der Waals surface area contributed by atoms with Gasteiger partial charge in [0.1, 0.15) is 0 Å². The summed E-state index contributed by atoms with van der Waals surface area (Å²) in [6.07, 6.45) is 1.78. The van der Waals surface area contributed by atoms with Gasteiger partial charge < -0.3 is 10.0 Å². The van der Waals surface area contributed by atoms with Crippen LogP contribution in [0, 0.1) is 0 Å². The molecule has 3 nitrogen and oxygen atoms in total. The molecule has 2 rings (SSSR count). The van der Waals surface area contributed by atoms with Gasteiger partial charge >= 0.3 is 0 Å². The molecule has 1 amide bonds. The number of halogens is 2. The highest BCUT2D eigenvalue weighted by Gasteiger charge is 2.28. The van der Waals surface area contributed by atoms with Crippen molar-refractivity contribution < 1.29 is 9.90 Å². The molecule has 1 aromatic rings. The van der Waals surface area contributed by atoms with Crippen LogP contribution in [-0.4, -0.2) is 35.1 Å². The number of carbonyl (C=O) groups excluding carboxylic acids is 1. The Hall–Kier alpha value is -0.770. The maximum Gasteiger partial charge on any atom is 0.254 e. The van der Waals surface area contributed by atoms with Crippen LogP contribution in [0.4, 0.5) is 0 Å². The normalized spacial score (nSPS) is 19.7. The lowest BCUT2D eigenvalue weighted by Gasteiger charge is -2.23. The molecule has 0 aromatic heterocycles. The van der Waals surface area contributed by atoms with Gasteiger partial charge in [-0.05, 0) is 31.0 Å². The van der Waals surface area contributed by atoms with Crippen LogP contribution >= 0.6 is 23.2 Å². The van der Waals surface area contributed by atoms with E-state index >= 15 is 0 Å². The van der Waals surface area contributed by atoms with Crippen LogP contribution in [0.1, 0.15) is 23.2 Å². The molecule has 1 aromatic carbocycles. The molecule has 1 aliphatic rings.